The van der Waals surface area contributed by atoms with E-state index in [4.69, 9.17) is 4.98 Å². The third-order valence-electron chi connectivity index (χ3n) is 8.14. The predicted molar refractivity (Wildman–Crippen MR) is 156 cm³/mol. The van der Waals surface area contributed by atoms with Gasteiger partial charge in [0.2, 0.25) is 5.91 Å². The summed E-state index contributed by atoms with van der Waals surface area (Å²) in [6, 6.07) is 24.5. The number of hydrogen-bond donors (Lipinski definition) is 0. The summed E-state index contributed by atoms with van der Waals surface area (Å²) in [6.45, 7) is 7.08. The molecule has 3 aromatic rings. The number of carbonyl (C=O) groups excluding carboxylic acids is 2. The average Bonchev–Trinajstić information content (AvgIpc) is 3.01. The summed E-state index contributed by atoms with van der Waals surface area (Å²) in [5.41, 5.74) is 4.32. The number of pyridine rings is 1. The van der Waals surface area contributed by atoms with Crippen LogP contribution in [0.2, 0.25) is 0 Å². The van der Waals surface area contributed by atoms with Gasteiger partial charge in [-0.25, -0.2) is 4.98 Å². The van der Waals surface area contributed by atoms with Crippen molar-refractivity contribution in [2.75, 3.05) is 39.3 Å². The van der Waals surface area contributed by atoms with Crippen molar-refractivity contribution >= 4 is 11.8 Å². The highest BCUT2D eigenvalue weighted by Crippen LogP contribution is 2.26. The number of nitrogens with zero attached hydrogens (tertiary/aromatic N) is 4. The molecule has 0 radical (unpaired) electrons. The Morgan fingerprint density at radius 2 is 1.31 bits per heavy atom. The Labute approximate surface area is 232 Å². The molecule has 2 amide bonds. The highest BCUT2D eigenvalue weighted by atomic mass is 16.2. The van der Waals surface area contributed by atoms with Crippen LogP contribution in [-0.4, -0.2) is 76.8 Å². The van der Waals surface area contributed by atoms with E-state index >= 15 is 0 Å². The van der Waals surface area contributed by atoms with Crippen LogP contribution in [0.4, 0.5) is 0 Å². The van der Waals surface area contributed by atoms with Crippen molar-refractivity contribution in [3.63, 3.8) is 0 Å². The lowest BCUT2D eigenvalue weighted by molar-refractivity contribution is -0.133. The quantitative estimate of drug-likeness (QED) is 0.353. The van der Waals surface area contributed by atoms with Gasteiger partial charge in [0.15, 0.2) is 0 Å². The molecule has 3 heterocycles. The largest absolute Gasteiger partial charge is 0.343 e. The molecule has 5 rings (SSSR count). The number of rotatable bonds is 8. The lowest BCUT2D eigenvalue weighted by atomic mass is 10.0. The van der Waals surface area contributed by atoms with Crippen LogP contribution in [-0.2, 0) is 4.79 Å². The predicted octanol–water partition coefficient (Wildman–Crippen LogP) is 5.74. The molecule has 0 spiro atoms. The second-order valence-corrected chi connectivity index (χ2v) is 10.8. The first kappa shape index (κ1) is 27.1. The van der Waals surface area contributed by atoms with Crippen molar-refractivity contribution in [1.29, 1.82) is 0 Å². The van der Waals surface area contributed by atoms with Crippen LogP contribution in [0.1, 0.15) is 55.8 Å². The summed E-state index contributed by atoms with van der Waals surface area (Å²) in [7, 11) is 0. The van der Waals surface area contributed by atoms with Gasteiger partial charge in [-0.15, -0.1) is 0 Å². The Morgan fingerprint density at radius 1 is 0.744 bits per heavy atom. The molecular formula is C33H40N4O2. The number of aromatic nitrogens is 1. The molecule has 6 heteroatoms. The Bertz CT molecular complexity index is 1170. The Kier molecular flexibility index (Phi) is 9.04. The van der Waals surface area contributed by atoms with E-state index in [1.165, 1.54) is 0 Å². The maximum atomic E-state index is 13.7. The summed E-state index contributed by atoms with van der Waals surface area (Å²) in [5, 5.41) is 0. The zero-order valence-electron chi connectivity index (χ0n) is 23.1. The number of hydrogen-bond acceptors (Lipinski definition) is 4. The number of carbonyl (C=O) groups is 2. The van der Waals surface area contributed by atoms with E-state index in [1.54, 1.807) is 0 Å². The average molecular weight is 525 g/mol. The summed E-state index contributed by atoms with van der Waals surface area (Å²) < 4.78 is 0. The SMILES string of the molecule is CCCCCC(=O)N1CCC(N2CCN(C(=O)c3cc(-c4ccccc4)nc(-c4ccccc4)c3)CC2)CC1. The molecule has 6 nitrogen and oxygen atoms in total. The van der Waals surface area contributed by atoms with E-state index in [0.29, 0.717) is 23.9 Å². The smallest absolute Gasteiger partial charge is 0.254 e. The van der Waals surface area contributed by atoms with Crippen molar-refractivity contribution in [2.24, 2.45) is 0 Å². The van der Waals surface area contributed by atoms with E-state index < -0.39 is 0 Å². The minimum atomic E-state index is 0.0684. The molecule has 0 bridgehead atoms. The normalized spacial score (nSPS) is 16.8. The van der Waals surface area contributed by atoms with Gasteiger partial charge in [-0.2, -0.15) is 0 Å². The van der Waals surface area contributed by atoms with Crippen LogP contribution in [0.3, 0.4) is 0 Å². The number of likely N-dealkylation sites (tertiary alicyclic amines) is 1. The summed E-state index contributed by atoms with van der Waals surface area (Å²) in [6.07, 6.45) is 6.02. The number of unbranched alkanes of at least 4 members (excludes halogenated alkanes) is 2. The Morgan fingerprint density at radius 3 is 1.85 bits per heavy atom. The van der Waals surface area contributed by atoms with Gasteiger partial charge in [0.05, 0.1) is 11.4 Å². The van der Waals surface area contributed by atoms with Gasteiger partial charge in [0, 0.05) is 68.4 Å². The number of piperazine rings is 1. The maximum Gasteiger partial charge on any atom is 0.254 e. The van der Waals surface area contributed by atoms with Crippen LogP contribution in [0.5, 0.6) is 0 Å². The Balaban J connectivity index is 1.22. The van der Waals surface area contributed by atoms with E-state index in [-0.39, 0.29) is 5.91 Å². The molecule has 2 aliphatic heterocycles. The summed E-state index contributed by atoms with van der Waals surface area (Å²) in [4.78, 5) is 37.7. The molecule has 0 aliphatic carbocycles. The number of piperidine rings is 1. The molecular weight excluding hydrogens is 484 g/mol. The van der Waals surface area contributed by atoms with E-state index in [1.807, 2.05) is 77.7 Å². The summed E-state index contributed by atoms with van der Waals surface area (Å²) >= 11 is 0. The van der Waals surface area contributed by atoms with Gasteiger partial charge in [-0.05, 0) is 31.4 Å². The maximum absolute atomic E-state index is 13.7. The van der Waals surface area contributed by atoms with Gasteiger partial charge in [0.1, 0.15) is 0 Å². The van der Waals surface area contributed by atoms with Gasteiger partial charge in [-0.3, -0.25) is 14.5 Å². The second kappa shape index (κ2) is 13.0. The molecule has 0 unspecified atom stereocenters. The molecule has 2 aliphatic rings. The minimum absolute atomic E-state index is 0.0684. The highest BCUT2D eigenvalue weighted by molar-refractivity contribution is 5.96. The van der Waals surface area contributed by atoms with Gasteiger partial charge >= 0.3 is 0 Å². The first-order chi connectivity index (χ1) is 19.1. The fourth-order valence-electron chi connectivity index (χ4n) is 5.81. The van der Waals surface area contributed by atoms with E-state index in [9.17, 15) is 9.59 Å². The topological polar surface area (TPSA) is 56.8 Å². The molecule has 2 fully saturated rings. The zero-order valence-corrected chi connectivity index (χ0v) is 23.1. The van der Waals surface area contributed by atoms with Crippen LogP contribution in [0.25, 0.3) is 22.5 Å². The first-order valence-electron chi connectivity index (χ1n) is 14.6. The second-order valence-electron chi connectivity index (χ2n) is 10.8. The van der Waals surface area contributed by atoms with Crippen LogP contribution < -0.4 is 0 Å². The number of benzene rings is 2. The van der Waals surface area contributed by atoms with Gasteiger partial charge in [-0.1, -0.05) is 80.4 Å². The van der Waals surface area contributed by atoms with Crippen molar-refractivity contribution in [2.45, 2.75) is 51.5 Å². The molecule has 0 saturated carbocycles. The van der Waals surface area contributed by atoms with Gasteiger partial charge in [0.25, 0.3) is 5.91 Å². The third-order valence-corrected chi connectivity index (χ3v) is 8.14. The van der Waals surface area contributed by atoms with E-state index in [0.717, 1.165) is 93.9 Å². The minimum Gasteiger partial charge on any atom is -0.343 e. The zero-order chi connectivity index (χ0) is 27.0. The standard InChI is InChI=1S/C33H40N4O2/c1-2-3-6-15-32(38)36-18-16-29(17-19-36)35-20-22-37(23-21-35)33(39)28-24-30(26-11-7-4-8-12-26)34-31(25-28)27-13-9-5-10-14-27/h4-5,7-14,24-25,29H,2-3,6,15-23H2,1H3. The van der Waals surface area contributed by atoms with Crippen LogP contribution in [0, 0.1) is 0 Å². The third kappa shape index (κ3) is 6.74. The molecule has 1 aromatic heterocycles. The van der Waals surface area contributed by atoms with Crippen molar-refractivity contribution in [1.82, 2.24) is 19.7 Å². The van der Waals surface area contributed by atoms with E-state index in [2.05, 4.69) is 16.7 Å². The monoisotopic (exact) mass is 524 g/mol. The highest BCUT2D eigenvalue weighted by Gasteiger charge is 2.30. The lowest BCUT2D eigenvalue weighted by Gasteiger charge is -2.42. The fourth-order valence-corrected chi connectivity index (χ4v) is 5.81. The van der Waals surface area contributed by atoms with Gasteiger partial charge < -0.3 is 9.80 Å². The first-order valence-corrected chi connectivity index (χ1v) is 14.6. The molecule has 204 valence electrons. The summed E-state index contributed by atoms with van der Waals surface area (Å²) in [5.74, 6) is 0.387. The molecule has 2 aromatic carbocycles. The molecule has 39 heavy (non-hydrogen) atoms. The van der Waals surface area contributed by atoms with Crippen LogP contribution in [0.15, 0.2) is 72.8 Å². The lowest BCUT2D eigenvalue weighted by Crippen LogP contribution is -2.54. The number of amides is 2. The molecule has 0 N–H and O–H groups in total. The fraction of sp³-hybridized carbons (Fsp3) is 0.424. The van der Waals surface area contributed by atoms with Crippen LogP contribution >= 0.6 is 0 Å². The molecule has 2 saturated heterocycles. The van der Waals surface area contributed by atoms with Crippen molar-refractivity contribution in [3.8, 4) is 22.5 Å². The van der Waals surface area contributed by atoms with Crippen molar-refractivity contribution < 1.29 is 9.59 Å². The molecule has 0 atom stereocenters. The Hall–Kier alpha value is -3.51. The van der Waals surface area contributed by atoms with Crippen molar-refractivity contribution in [3.05, 3.63) is 78.4 Å².